The second kappa shape index (κ2) is 6.97. The van der Waals surface area contributed by atoms with Crippen LogP contribution in [0.4, 0.5) is 10.1 Å². The van der Waals surface area contributed by atoms with E-state index in [1.54, 1.807) is 18.4 Å². The molecule has 4 nitrogen and oxygen atoms in total. The van der Waals surface area contributed by atoms with Gasteiger partial charge in [-0.25, -0.2) is 9.37 Å². The van der Waals surface area contributed by atoms with Crippen LogP contribution in [0, 0.1) is 24.1 Å². The lowest BCUT2D eigenvalue weighted by molar-refractivity contribution is 0.572. The summed E-state index contributed by atoms with van der Waals surface area (Å²) < 4.78 is 19.3. The smallest absolute Gasteiger partial charge is 0.226 e. The molecule has 0 aliphatic rings. The van der Waals surface area contributed by atoms with Gasteiger partial charge in [0.25, 0.3) is 0 Å². The number of oxazole rings is 1. The molecular formula is C19H16FN3O. The van der Waals surface area contributed by atoms with Gasteiger partial charge in [0, 0.05) is 18.5 Å². The molecule has 24 heavy (non-hydrogen) atoms. The lowest BCUT2D eigenvalue weighted by atomic mass is 10.1. The fourth-order valence-corrected chi connectivity index (χ4v) is 2.30. The van der Waals surface area contributed by atoms with Gasteiger partial charge in [0.15, 0.2) is 0 Å². The molecule has 1 heterocycles. The molecule has 0 radical (unpaired) electrons. The van der Waals surface area contributed by atoms with Crippen LogP contribution in [0.2, 0.25) is 0 Å². The summed E-state index contributed by atoms with van der Waals surface area (Å²) in [6.45, 7) is 2.54. The summed E-state index contributed by atoms with van der Waals surface area (Å²) in [5, 5.41) is 11.7. The first-order valence-corrected chi connectivity index (χ1v) is 7.60. The molecule has 0 saturated carbocycles. The van der Waals surface area contributed by atoms with Crippen molar-refractivity contribution in [2.24, 2.45) is 0 Å². The molecule has 3 rings (SSSR count). The molecule has 120 valence electrons. The van der Waals surface area contributed by atoms with Crippen molar-refractivity contribution in [2.45, 2.75) is 13.3 Å². The molecule has 0 fully saturated rings. The Kier molecular flexibility index (Phi) is 4.57. The van der Waals surface area contributed by atoms with Crippen LogP contribution in [-0.4, -0.2) is 11.5 Å². The number of hydrogen-bond donors (Lipinski definition) is 1. The Bertz CT molecular complexity index is 878. The molecule has 0 aliphatic carbocycles. The fraction of sp³-hybridized carbons (Fsp3) is 0.158. The number of rotatable bonds is 5. The van der Waals surface area contributed by atoms with Crippen molar-refractivity contribution in [1.29, 1.82) is 5.26 Å². The van der Waals surface area contributed by atoms with Gasteiger partial charge in [0.2, 0.25) is 5.89 Å². The van der Waals surface area contributed by atoms with Gasteiger partial charge in [-0.3, -0.25) is 0 Å². The number of hydrogen-bond acceptors (Lipinski definition) is 4. The number of aromatic nitrogens is 1. The zero-order valence-electron chi connectivity index (χ0n) is 13.2. The van der Waals surface area contributed by atoms with Crippen molar-refractivity contribution < 1.29 is 8.81 Å². The van der Waals surface area contributed by atoms with E-state index in [9.17, 15) is 4.39 Å². The van der Waals surface area contributed by atoms with Gasteiger partial charge >= 0.3 is 0 Å². The minimum Gasteiger partial charge on any atom is -0.444 e. The Morgan fingerprint density at radius 1 is 1.21 bits per heavy atom. The molecule has 3 aromatic rings. The van der Waals surface area contributed by atoms with E-state index in [-0.39, 0.29) is 0 Å². The van der Waals surface area contributed by atoms with E-state index < -0.39 is 5.82 Å². The van der Waals surface area contributed by atoms with E-state index in [0.29, 0.717) is 30.1 Å². The second-order valence-electron chi connectivity index (χ2n) is 5.49. The highest BCUT2D eigenvalue weighted by Crippen LogP contribution is 2.20. The van der Waals surface area contributed by atoms with Crippen molar-refractivity contribution >= 4 is 5.69 Å². The van der Waals surface area contributed by atoms with Crippen LogP contribution in [0.3, 0.4) is 0 Å². The predicted molar refractivity (Wildman–Crippen MR) is 90.0 cm³/mol. The maximum Gasteiger partial charge on any atom is 0.226 e. The van der Waals surface area contributed by atoms with Gasteiger partial charge in [-0.05, 0) is 37.3 Å². The molecule has 1 N–H and O–H groups in total. The number of halogens is 1. The zero-order valence-corrected chi connectivity index (χ0v) is 13.2. The van der Waals surface area contributed by atoms with Gasteiger partial charge in [0.1, 0.15) is 12.1 Å². The Morgan fingerprint density at radius 3 is 2.71 bits per heavy atom. The van der Waals surface area contributed by atoms with E-state index >= 15 is 0 Å². The van der Waals surface area contributed by atoms with Crippen molar-refractivity contribution in [3.8, 4) is 17.5 Å². The summed E-state index contributed by atoms with van der Waals surface area (Å²) in [6.07, 6.45) is 2.22. The van der Waals surface area contributed by atoms with E-state index in [2.05, 4.69) is 10.3 Å². The van der Waals surface area contributed by atoms with Crippen LogP contribution in [0.1, 0.15) is 16.8 Å². The van der Waals surface area contributed by atoms with Crippen LogP contribution in [0.5, 0.6) is 0 Å². The molecule has 1 aromatic heterocycles. The minimum atomic E-state index is -0.436. The summed E-state index contributed by atoms with van der Waals surface area (Å²) in [5.41, 5.74) is 3.58. The van der Waals surface area contributed by atoms with Crippen LogP contribution in [0.25, 0.3) is 11.5 Å². The molecule has 0 atom stereocenters. The Labute approximate surface area is 139 Å². The van der Waals surface area contributed by atoms with Crippen LogP contribution < -0.4 is 5.32 Å². The first-order valence-electron chi connectivity index (χ1n) is 7.60. The Morgan fingerprint density at radius 2 is 2.00 bits per heavy atom. The highest BCUT2D eigenvalue weighted by molar-refractivity contribution is 5.53. The van der Waals surface area contributed by atoms with Gasteiger partial charge in [-0.2, -0.15) is 5.26 Å². The first kappa shape index (κ1) is 15.8. The molecule has 0 amide bonds. The third-order valence-electron chi connectivity index (χ3n) is 3.65. The normalized spacial score (nSPS) is 10.4. The summed E-state index contributed by atoms with van der Waals surface area (Å²) in [5.74, 6) is 0.143. The molecular weight excluding hydrogens is 305 g/mol. The number of aryl methyl sites for hydroxylation is 1. The second-order valence-corrected chi connectivity index (χ2v) is 5.49. The van der Waals surface area contributed by atoms with Gasteiger partial charge in [-0.15, -0.1) is 0 Å². The van der Waals surface area contributed by atoms with Crippen molar-refractivity contribution in [1.82, 2.24) is 4.98 Å². The van der Waals surface area contributed by atoms with Gasteiger partial charge in [0.05, 0.1) is 23.0 Å². The quantitative estimate of drug-likeness (QED) is 0.760. The molecule has 0 aliphatic heterocycles. The van der Waals surface area contributed by atoms with Crippen LogP contribution in [-0.2, 0) is 6.42 Å². The Hall–Kier alpha value is -3.13. The number of nitriles is 1. The monoisotopic (exact) mass is 321 g/mol. The molecule has 2 aromatic carbocycles. The van der Waals surface area contributed by atoms with E-state index in [0.717, 1.165) is 11.3 Å². The number of nitrogens with one attached hydrogen (secondary N) is 1. The highest BCUT2D eigenvalue weighted by Gasteiger charge is 2.07. The summed E-state index contributed by atoms with van der Waals surface area (Å²) in [4.78, 5) is 4.45. The summed E-state index contributed by atoms with van der Waals surface area (Å²) in [6, 6.07) is 14.2. The minimum absolute atomic E-state index is 0.303. The van der Waals surface area contributed by atoms with Crippen molar-refractivity contribution in [3.05, 3.63) is 71.4 Å². The summed E-state index contributed by atoms with van der Waals surface area (Å²) >= 11 is 0. The van der Waals surface area contributed by atoms with Crippen molar-refractivity contribution in [2.75, 3.05) is 11.9 Å². The fourth-order valence-electron chi connectivity index (χ4n) is 2.30. The standard InChI is InChI=1S/C19H16FN3O/c1-13-2-5-15(6-3-13)19-23-16(12-24-19)8-9-22-18-7-4-14(11-21)10-17(18)20/h2-7,10,12,22H,8-9H2,1H3. The average molecular weight is 321 g/mol. The SMILES string of the molecule is Cc1ccc(-c2nc(CCNc3ccc(C#N)cc3F)co2)cc1. The largest absolute Gasteiger partial charge is 0.444 e. The Balaban J connectivity index is 1.60. The highest BCUT2D eigenvalue weighted by atomic mass is 19.1. The lowest BCUT2D eigenvalue weighted by Gasteiger charge is -2.06. The number of nitrogens with zero attached hydrogens (tertiary/aromatic N) is 2. The van der Waals surface area contributed by atoms with E-state index in [1.807, 2.05) is 37.3 Å². The third kappa shape index (κ3) is 3.61. The predicted octanol–water partition coefficient (Wildman–Crippen LogP) is 4.32. The number of benzene rings is 2. The summed E-state index contributed by atoms with van der Waals surface area (Å²) in [7, 11) is 0. The third-order valence-corrected chi connectivity index (χ3v) is 3.65. The van der Waals surface area contributed by atoms with Gasteiger partial charge in [-0.1, -0.05) is 17.7 Å². The van der Waals surface area contributed by atoms with Gasteiger partial charge < -0.3 is 9.73 Å². The molecule has 0 saturated heterocycles. The zero-order chi connectivity index (χ0) is 16.9. The topological polar surface area (TPSA) is 61.9 Å². The first-order chi connectivity index (χ1) is 11.7. The van der Waals surface area contributed by atoms with E-state index in [1.165, 1.54) is 11.6 Å². The average Bonchev–Trinajstić information content (AvgIpc) is 3.06. The molecule has 0 unspecified atom stereocenters. The van der Waals surface area contributed by atoms with Crippen LogP contribution in [0.15, 0.2) is 53.1 Å². The number of anilines is 1. The molecule has 0 bridgehead atoms. The van der Waals surface area contributed by atoms with Crippen LogP contribution >= 0.6 is 0 Å². The molecule has 0 spiro atoms. The van der Waals surface area contributed by atoms with Crippen molar-refractivity contribution in [3.63, 3.8) is 0 Å². The maximum atomic E-state index is 13.8. The van der Waals surface area contributed by atoms with E-state index in [4.69, 9.17) is 9.68 Å². The molecule has 5 heteroatoms. The lowest BCUT2D eigenvalue weighted by Crippen LogP contribution is -2.06. The maximum absolute atomic E-state index is 13.8.